The predicted molar refractivity (Wildman–Crippen MR) is 106 cm³/mol. The maximum atomic E-state index is 12.5. The molecular formula is C21H41NO5. The third kappa shape index (κ3) is 6.70. The number of cyclic esters (lactones) is 1. The first kappa shape index (κ1) is 24.3. The number of aliphatic hydroxyl groups is 3. The second-order valence-electron chi connectivity index (χ2n) is 9.28. The molecule has 6 nitrogen and oxygen atoms in total. The van der Waals surface area contributed by atoms with Gasteiger partial charge in [-0.3, -0.25) is 4.79 Å². The van der Waals surface area contributed by atoms with E-state index in [4.69, 9.17) is 4.74 Å². The van der Waals surface area contributed by atoms with E-state index in [-0.39, 0.29) is 23.8 Å². The molecule has 27 heavy (non-hydrogen) atoms. The van der Waals surface area contributed by atoms with Gasteiger partial charge < -0.3 is 25.0 Å². The molecule has 0 aromatic heterocycles. The summed E-state index contributed by atoms with van der Waals surface area (Å²) < 4.78 is 5.60. The third-order valence-corrected chi connectivity index (χ3v) is 6.17. The maximum absolute atomic E-state index is 12.5. The molecule has 0 spiro atoms. The molecule has 160 valence electrons. The normalized spacial score (nSPS) is 44.2. The van der Waals surface area contributed by atoms with Crippen LogP contribution in [0, 0.1) is 11.8 Å². The Balaban J connectivity index is 3.12. The summed E-state index contributed by atoms with van der Waals surface area (Å²) in [5.41, 5.74) is -2.34. The van der Waals surface area contributed by atoms with E-state index < -0.39 is 23.4 Å². The van der Waals surface area contributed by atoms with Crippen molar-refractivity contribution in [1.29, 1.82) is 0 Å². The van der Waals surface area contributed by atoms with Crippen LogP contribution in [0.1, 0.15) is 73.6 Å². The number of hydrogen-bond acceptors (Lipinski definition) is 6. The van der Waals surface area contributed by atoms with Gasteiger partial charge in [-0.05, 0) is 65.8 Å². The fourth-order valence-corrected chi connectivity index (χ4v) is 4.27. The highest BCUT2D eigenvalue weighted by Gasteiger charge is 2.44. The van der Waals surface area contributed by atoms with E-state index in [0.29, 0.717) is 32.2 Å². The molecule has 1 heterocycles. The fourth-order valence-electron chi connectivity index (χ4n) is 4.27. The number of esters is 1. The van der Waals surface area contributed by atoms with E-state index in [1.165, 1.54) is 0 Å². The van der Waals surface area contributed by atoms with Crippen LogP contribution in [0.15, 0.2) is 0 Å². The standard InChI is InChI=1S/C21H41NO5/c1-8-17-21(6,26)18(23)16(4)22(7)13-14(2)12-20(5,25)11-9-10-15(3)19(24)27-17/h14-18,23,25-26H,8-13H2,1-7H3/t14-,15?,16+,17?,18?,20-,21+/m0/s1. The number of rotatable bonds is 1. The maximum Gasteiger partial charge on any atom is 0.309 e. The lowest BCUT2D eigenvalue weighted by atomic mass is 9.85. The number of nitrogens with zero attached hydrogens (tertiary/aromatic N) is 1. The van der Waals surface area contributed by atoms with Crippen LogP contribution in [0.3, 0.4) is 0 Å². The van der Waals surface area contributed by atoms with Crippen LogP contribution in [-0.2, 0) is 9.53 Å². The number of carbonyl (C=O) groups excluding carboxylic acids is 1. The molecule has 1 fully saturated rings. The Morgan fingerprint density at radius 3 is 2.37 bits per heavy atom. The highest BCUT2D eigenvalue weighted by atomic mass is 16.6. The number of ether oxygens (including phenoxy) is 1. The number of hydrogen-bond donors (Lipinski definition) is 3. The van der Waals surface area contributed by atoms with E-state index in [2.05, 4.69) is 6.92 Å². The van der Waals surface area contributed by atoms with Gasteiger partial charge >= 0.3 is 5.97 Å². The average molecular weight is 388 g/mol. The van der Waals surface area contributed by atoms with Crippen LogP contribution in [0.2, 0.25) is 0 Å². The van der Waals surface area contributed by atoms with Crippen molar-refractivity contribution in [2.24, 2.45) is 11.8 Å². The van der Waals surface area contributed by atoms with E-state index >= 15 is 0 Å². The Labute approximate surface area is 164 Å². The van der Waals surface area contributed by atoms with Crippen LogP contribution in [0.4, 0.5) is 0 Å². The number of aliphatic hydroxyl groups excluding tert-OH is 1. The molecule has 1 rings (SSSR count). The van der Waals surface area contributed by atoms with Crippen LogP contribution < -0.4 is 0 Å². The Bertz CT molecular complexity index is 479. The van der Waals surface area contributed by atoms with Crippen molar-refractivity contribution in [1.82, 2.24) is 4.90 Å². The molecule has 0 aliphatic carbocycles. The quantitative estimate of drug-likeness (QED) is 0.598. The van der Waals surface area contributed by atoms with E-state index in [9.17, 15) is 20.1 Å². The van der Waals surface area contributed by atoms with Gasteiger partial charge in [0.05, 0.1) is 11.5 Å². The number of likely N-dealkylation sites (N-methyl/N-ethyl adjacent to an activating group) is 1. The largest absolute Gasteiger partial charge is 0.459 e. The van der Waals surface area contributed by atoms with Crippen LogP contribution in [0.25, 0.3) is 0 Å². The van der Waals surface area contributed by atoms with Gasteiger partial charge in [0.2, 0.25) is 0 Å². The minimum Gasteiger partial charge on any atom is -0.459 e. The van der Waals surface area contributed by atoms with Crippen molar-refractivity contribution < 1.29 is 24.9 Å². The average Bonchev–Trinajstić information content (AvgIpc) is 2.55. The molecular weight excluding hydrogens is 346 g/mol. The van der Waals surface area contributed by atoms with Crippen molar-refractivity contribution in [2.45, 2.75) is 103 Å². The minimum absolute atomic E-state index is 0.229. The molecule has 0 bridgehead atoms. The van der Waals surface area contributed by atoms with E-state index in [0.717, 1.165) is 6.42 Å². The van der Waals surface area contributed by atoms with Crippen LogP contribution in [0.5, 0.6) is 0 Å². The zero-order valence-electron chi connectivity index (χ0n) is 18.2. The molecule has 6 heteroatoms. The second kappa shape index (κ2) is 9.68. The smallest absolute Gasteiger partial charge is 0.309 e. The first-order valence-corrected chi connectivity index (χ1v) is 10.3. The monoisotopic (exact) mass is 387 g/mol. The van der Waals surface area contributed by atoms with Gasteiger partial charge in [-0.2, -0.15) is 0 Å². The lowest BCUT2D eigenvalue weighted by Gasteiger charge is -2.42. The zero-order valence-corrected chi connectivity index (χ0v) is 18.2. The van der Waals surface area contributed by atoms with Crippen molar-refractivity contribution in [2.75, 3.05) is 13.6 Å². The SMILES string of the molecule is CCC1OC(=O)C(C)CCC[C@](C)(O)C[C@H](C)CN(C)[C@H](C)C(O)[C@]1(C)O. The minimum atomic E-state index is -1.55. The summed E-state index contributed by atoms with van der Waals surface area (Å²) in [4.78, 5) is 14.5. The molecule has 0 aromatic rings. The van der Waals surface area contributed by atoms with Gasteiger partial charge in [0.15, 0.2) is 0 Å². The first-order valence-electron chi connectivity index (χ1n) is 10.3. The summed E-state index contributed by atoms with van der Waals surface area (Å²) in [6, 6.07) is -0.331. The van der Waals surface area contributed by atoms with E-state index in [1.807, 2.05) is 39.6 Å². The van der Waals surface area contributed by atoms with Crippen LogP contribution in [-0.4, -0.2) is 69.2 Å². The lowest BCUT2D eigenvalue weighted by molar-refractivity contribution is -0.189. The van der Waals surface area contributed by atoms with Crippen LogP contribution >= 0.6 is 0 Å². The Hall–Kier alpha value is -0.690. The van der Waals surface area contributed by atoms with Gasteiger partial charge in [-0.15, -0.1) is 0 Å². The van der Waals surface area contributed by atoms with E-state index in [1.54, 1.807) is 6.92 Å². The van der Waals surface area contributed by atoms with Gasteiger partial charge in [-0.1, -0.05) is 20.8 Å². The molecule has 1 aliphatic rings. The highest BCUT2D eigenvalue weighted by molar-refractivity contribution is 5.72. The summed E-state index contributed by atoms with van der Waals surface area (Å²) >= 11 is 0. The molecule has 1 saturated heterocycles. The molecule has 3 unspecified atom stereocenters. The van der Waals surface area contributed by atoms with Gasteiger partial charge in [0.25, 0.3) is 0 Å². The molecule has 1 aliphatic heterocycles. The molecule has 0 aromatic carbocycles. The van der Waals surface area contributed by atoms with Gasteiger partial charge in [0.1, 0.15) is 17.8 Å². The third-order valence-electron chi connectivity index (χ3n) is 6.17. The summed E-state index contributed by atoms with van der Waals surface area (Å²) in [6.07, 6.45) is 1.21. The zero-order chi connectivity index (χ0) is 21.0. The topological polar surface area (TPSA) is 90.2 Å². The molecule has 0 saturated carbocycles. The van der Waals surface area contributed by atoms with Crippen molar-refractivity contribution >= 4 is 5.97 Å². The Kier molecular flexibility index (Phi) is 8.73. The summed E-state index contributed by atoms with van der Waals surface area (Å²) in [7, 11) is 1.91. The molecule has 0 amide bonds. The molecule has 0 radical (unpaired) electrons. The summed E-state index contributed by atoms with van der Waals surface area (Å²) in [5.74, 6) is -0.448. The van der Waals surface area contributed by atoms with Gasteiger partial charge in [0, 0.05) is 12.6 Å². The Morgan fingerprint density at radius 2 is 1.81 bits per heavy atom. The first-order chi connectivity index (χ1) is 12.3. The van der Waals surface area contributed by atoms with Crippen molar-refractivity contribution in [3.63, 3.8) is 0 Å². The molecule has 3 N–H and O–H groups in total. The molecule has 7 atom stereocenters. The second-order valence-corrected chi connectivity index (χ2v) is 9.28. The van der Waals surface area contributed by atoms with Gasteiger partial charge in [-0.25, -0.2) is 0 Å². The van der Waals surface area contributed by atoms with Crippen molar-refractivity contribution in [3.8, 4) is 0 Å². The summed E-state index contributed by atoms with van der Waals surface area (Å²) in [5, 5.41) is 32.6. The predicted octanol–water partition coefficient (Wildman–Crippen LogP) is 2.34. The fraction of sp³-hybridized carbons (Fsp3) is 0.952. The van der Waals surface area contributed by atoms with Crippen molar-refractivity contribution in [3.05, 3.63) is 0 Å². The lowest BCUT2D eigenvalue weighted by Crippen LogP contribution is -2.58. The highest BCUT2D eigenvalue weighted by Crippen LogP contribution is 2.29. The summed E-state index contributed by atoms with van der Waals surface area (Å²) in [6.45, 7) is 11.7. The number of carbonyl (C=O) groups is 1. The Morgan fingerprint density at radius 1 is 1.22 bits per heavy atom.